The number of hydrogen-bond donors (Lipinski definition) is 1. The smallest absolute Gasteiger partial charge is 0.337 e. The van der Waals surface area contributed by atoms with Gasteiger partial charge in [-0.05, 0) is 39.2 Å². The van der Waals surface area contributed by atoms with E-state index < -0.39 is 23.8 Å². The fraction of sp³-hybridized carbons (Fsp3) is 0.480. The van der Waals surface area contributed by atoms with Crippen molar-refractivity contribution in [3.63, 3.8) is 0 Å². The number of methoxy groups -OCH3 is 3. The summed E-state index contributed by atoms with van der Waals surface area (Å²) >= 11 is 0. The highest BCUT2D eigenvalue weighted by molar-refractivity contribution is 6.12. The number of ether oxygens (including phenoxy) is 4. The average Bonchev–Trinajstić information content (AvgIpc) is 2.76. The van der Waals surface area contributed by atoms with Crippen molar-refractivity contribution >= 4 is 17.7 Å². The molecule has 1 N–H and O–H groups in total. The van der Waals surface area contributed by atoms with Crippen LogP contribution in [0.15, 0.2) is 40.7 Å². The molecule has 0 spiro atoms. The number of carbonyl (C=O) groups is 3. The van der Waals surface area contributed by atoms with Crippen molar-refractivity contribution in [3.8, 4) is 11.5 Å². The third-order valence-electron chi connectivity index (χ3n) is 6.05. The van der Waals surface area contributed by atoms with E-state index in [1.54, 1.807) is 39.0 Å². The minimum Gasteiger partial charge on any atom is -0.493 e. The van der Waals surface area contributed by atoms with Gasteiger partial charge in [-0.1, -0.05) is 19.1 Å². The Morgan fingerprint density at radius 3 is 2.39 bits per heavy atom. The monoisotopic (exact) mass is 457 g/mol. The van der Waals surface area contributed by atoms with E-state index in [9.17, 15) is 14.4 Å². The molecule has 8 heteroatoms. The summed E-state index contributed by atoms with van der Waals surface area (Å²) in [7, 11) is 4.29. The molecule has 1 aliphatic carbocycles. The highest BCUT2D eigenvalue weighted by Gasteiger charge is 2.48. The number of hydrogen-bond acceptors (Lipinski definition) is 8. The molecular weight excluding hydrogens is 426 g/mol. The lowest BCUT2D eigenvalue weighted by Gasteiger charge is -2.38. The van der Waals surface area contributed by atoms with Crippen molar-refractivity contribution in [1.82, 2.24) is 5.32 Å². The zero-order valence-corrected chi connectivity index (χ0v) is 20.1. The van der Waals surface area contributed by atoms with E-state index >= 15 is 0 Å². The number of dihydropyridines is 1. The standard InChI is InChI=1S/C25H31NO7/c1-12(2)33-25(29)19-14(4)26-16-11-13(3)18(24(28)32-7)22(27)21(16)20(19)15-9-8-10-17(30-5)23(15)31-6/h8-10,12-13,18,20,26H,11H2,1-7H3/t13-,18-,20+/m0/s1. The van der Waals surface area contributed by atoms with E-state index in [1.807, 2.05) is 6.92 Å². The third-order valence-corrected chi connectivity index (χ3v) is 6.05. The van der Waals surface area contributed by atoms with Crippen LogP contribution in [0, 0.1) is 11.8 Å². The largest absolute Gasteiger partial charge is 0.493 e. The summed E-state index contributed by atoms with van der Waals surface area (Å²) in [6.07, 6.45) is 0.0962. The molecule has 0 aromatic heterocycles. The molecule has 3 atom stereocenters. The van der Waals surface area contributed by atoms with Crippen LogP contribution in [0.3, 0.4) is 0 Å². The highest BCUT2D eigenvalue weighted by Crippen LogP contribution is 2.49. The molecule has 0 fully saturated rings. The van der Waals surface area contributed by atoms with Crippen LogP contribution in [0.1, 0.15) is 45.6 Å². The van der Waals surface area contributed by atoms with Crippen molar-refractivity contribution in [2.75, 3.05) is 21.3 Å². The Labute approximate surface area is 193 Å². The number of nitrogens with one attached hydrogen (secondary N) is 1. The molecular formula is C25H31NO7. The molecule has 3 rings (SSSR count). The lowest BCUT2D eigenvalue weighted by atomic mass is 9.69. The van der Waals surface area contributed by atoms with Crippen LogP contribution in [-0.4, -0.2) is 45.2 Å². The Hall–Kier alpha value is -3.29. The number of allylic oxidation sites excluding steroid dienone is 3. The maximum atomic E-state index is 13.8. The summed E-state index contributed by atoms with van der Waals surface area (Å²) in [6.45, 7) is 7.14. The summed E-state index contributed by atoms with van der Waals surface area (Å²) in [5, 5.41) is 3.24. The molecule has 0 saturated carbocycles. The first-order valence-corrected chi connectivity index (χ1v) is 10.9. The summed E-state index contributed by atoms with van der Waals surface area (Å²) < 4.78 is 21.6. The first-order valence-electron chi connectivity index (χ1n) is 10.9. The molecule has 1 heterocycles. The van der Waals surface area contributed by atoms with Gasteiger partial charge < -0.3 is 24.3 Å². The Morgan fingerprint density at radius 2 is 1.82 bits per heavy atom. The Bertz CT molecular complexity index is 1040. The Balaban J connectivity index is 2.28. The van der Waals surface area contributed by atoms with Crippen LogP contribution in [0.2, 0.25) is 0 Å². The van der Waals surface area contributed by atoms with Crippen molar-refractivity contribution in [2.24, 2.45) is 11.8 Å². The van der Waals surface area contributed by atoms with Crippen molar-refractivity contribution in [3.05, 3.63) is 46.3 Å². The van der Waals surface area contributed by atoms with Gasteiger partial charge in [0.15, 0.2) is 17.3 Å². The SMILES string of the molecule is COC(=O)[C@@H]1C(=O)C2=C(C[C@@H]1C)NC(C)=C(C(=O)OC(C)C)[C@H]2c1cccc(OC)c1OC. The summed E-state index contributed by atoms with van der Waals surface area (Å²) in [5.74, 6) is -2.67. The van der Waals surface area contributed by atoms with Crippen LogP contribution in [0.5, 0.6) is 11.5 Å². The molecule has 178 valence electrons. The third kappa shape index (κ3) is 4.34. The molecule has 2 aliphatic rings. The summed E-state index contributed by atoms with van der Waals surface area (Å²) in [4.78, 5) is 39.5. The minimum atomic E-state index is -0.963. The first-order chi connectivity index (χ1) is 15.7. The Morgan fingerprint density at radius 1 is 1.12 bits per heavy atom. The fourth-order valence-corrected chi connectivity index (χ4v) is 4.68. The first kappa shape index (κ1) is 24.4. The second-order valence-electron chi connectivity index (χ2n) is 8.57. The second-order valence-corrected chi connectivity index (χ2v) is 8.57. The maximum absolute atomic E-state index is 13.8. The Kier molecular flexibility index (Phi) is 7.15. The second kappa shape index (κ2) is 9.68. The fourth-order valence-electron chi connectivity index (χ4n) is 4.68. The number of ketones is 1. The topological polar surface area (TPSA) is 100 Å². The van der Waals surface area contributed by atoms with Crippen LogP contribution < -0.4 is 14.8 Å². The number of benzene rings is 1. The predicted molar refractivity (Wildman–Crippen MR) is 121 cm³/mol. The van der Waals surface area contributed by atoms with Crippen LogP contribution in [-0.2, 0) is 23.9 Å². The zero-order valence-electron chi connectivity index (χ0n) is 20.1. The zero-order chi connectivity index (χ0) is 24.4. The maximum Gasteiger partial charge on any atom is 0.337 e. The van der Waals surface area contributed by atoms with Gasteiger partial charge in [-0.15, -0.1) is 0 Å². The lowest BCUT2D eigenvalue weighted by molar-refractivity contribution is -0.151. The van der Waals surface area contributed by atoms with Crippen molar-refractivity contribution < 1.29 is 33.3 Å². The van der Waals surface area contributed by atoms with Gasteiger partial charge in [0, 0.05) is 22.5 Å². The predicted octanol–water partition coefficient (Wildman–Crippen LogP) is 3.27. The number of Topliss-reactive ketones (excluding diaryl/α,β-unsaturated/α-hetero) is 1. The van der Waals surface area contributed by atoms with E-state index in [0.717, 1.165) is 0 Å². The molecule has 1 aromatic carbocycles. The number of para-hydroxylation sites is 1. The molecule has 1 aliphatic heterocycles. The molecule has 33 heavy (non-hydrogen) atoms. The van der Waals surface area contributed by atoms with Crippen LogP contribution in [0.4, 0.5) is 0 Å². The molecule has 0 bridgehead atoms. The average molecular weight is 458 g/mol. The van der Waals surface area contributed by atoms with Gasteiger partial charge in [-0.2, -0.15) is 0 Å². The molecule has 0 radical (unpaired) electrons. The van der Waals surface area contributed by atoms with Gasteiger partial charge in [-0.25, -0.2) is 4.79 Å². The van der Waals surface area contributed by atoms with E-state index in [1.165, 1.54) is 21.3 Å². The number of carbonyl (C=O) groups excluding carboxylic acids is 3. The van der Waals surface area contributed by atoms with Gasteiger partial charge in [0.25, 0.3) is 0 Å². The lowest BCUT2D eigenvalue weighted by Crippen LogP contribution is -2.43. The van der Waals surface area contributed by atoms with Crippen LogP contribution >= 0.6 is 0 Å². The molecule has 0 unspecified atom stereocenters. The van der Waals surface area contributed by atoms with E-state index in [4.69, 9.17) is 18.9 Å². The van der Waals surface area contributed by atoms with Crippen molar-refractivity contribution in [2.45, 2.75) is 46.1 Å². The van der Waals surface area contributed by atoms with E-state index in [0.29, 0.717) is 46.0 Å². The van der Waals surface area contributed by atoms with Crippen molar-refractivity contribution in [1.29, 1.82) is 0 Å². The minimum absolute atomic E-state index is 0.263. The van der Waals surface area contributed by atoms with Gasteiger partial charge in [0.2, 0.25) is 0 Å². The molecule has 1 aromatic rings. The number of rotatable bonds is 6. The van der Waals surface area contributed by atoms with E-state index in [-0.39, 0.29) is 17.8 Å². The van der Waals surface area contributed by atoms with Gasteiger partial charge in [0.1, 0.15) is 5.92 Å². The molecule has 0 saturated heterocycles. The molecule has 8 nitrogen and oxygen atoms in total. The van der Waals surface area contributed by atoms with Crippen LogP contribution in [0.25, 0.3) is 0 Å². The molecule has 0 amide bonds. The quantitative estimate of drug-likeness (QED) is 0.513. The normalized spacial score (nSPS) is 22.5. The number of esters is 2. The summed E-state index contributed by atoms with van der Waals surface area (Å²) in [5.41, 5.74) is 2.48. The van der Waals surface area contributed by atoms with Gasteiger partial charge >= 0.3 is 11.9 Å². The van der Waals surface area contributed by atoms with Gasteiger partial charge in [-0.3, -0.25) is 9.59 Å². The van der Waals surface area contributed by atoms with E-state index in [2.05, 4.69) is 5.32 Å². The summed E-state index contributed by atoms with van der Waals surface area (Å²) in [6, 6.07) is 5.30. The highest BCUT2D eigenvalue weighted by atomic mass is 16.5. The van der Waals surface area contributed by atoms with Gasteiger partial charge in [0.05, 0.1) is 38.9 Å².